The molecule has 0 amide bonds. The van der Waals surface area contributed by atoms with Crippen LogP contribution in [0.25, 0.3) is 49.7 Å². The Morgan fingerprint density at radius 1 is 0.400 bits per heavy atom. The number of benzene rings is 7. The lowest BCUT2D eigenvalue weighted by atomic mass is 9.82. The summed E-state index contributed by atoms with van der Waals surface area (Å²) in [5.74, 6) is 1.66. The molecule has 7 aromatic carbocycles. The van der Waals surface area contributed by atoms with Gasteiger partial charge in [-0.25, -0.2) is 9.97 Å². The van der Waals surface area contributed by atoms with Crippen LogP contribution in [0.4, 0.5) is 34.4 Å². The number of fused-ring (bicyclic) bond motifs is 6. The largest absolute Gasteiger partial charge is 0.309 e. The third kappa shape index (κ3) is 5.85. The molecule has 10 aromatic rings. The van der Waals surface area contributed by atoms with E-state index in [0.29, 0.717) is 0 Å². The Morgan fingerprint density at radius 2 is 1.00 bits per heavy atom. The molecule has 0 aliphatic heterocycles. The molecule has 60 heavy (non-hydrogen) atoms. The van der Waals surface area contributed by atoms with Crippen molar-refractivity contribution < 1.29 is 0 Å². The van der Waals surface area contributed by atoms with Gasteiger partial charge in [0.25, 0.3) is 0 Å². The molecule has 0 saturated heterocycles. The van der Waals surface area contributed by atoms with Gasteiger partial charge < -0.3 is 4.57 Å². The zero-order valence-electron chi connectivity index (χ0n) is 33.4. The fraction of sp³-hybridized carbons (Fsp3) is 0.0545. The van der Waals surface area contributed by atoms with Crippen LogP contribution in [0.1, 0.15) is 25.0 Å². The predicted molar refractivity (Wildman–Crippen MR) is 249 cm³/mol. The van der Waals surface area contributed by atoms with Crippen molar-refractivity contribution in [3.05, 3.63) is 224 Å². The maximum absolute atomic E-state index is 5.00. The van der Waals surface area contributed by atoms with Crippen molar-refractivity contribution >= 4 is 56.2 Å². The summed E-state index contributed by atoms with van der Waals surface area (Å²) in [5, 5.41) is 2.41. The van der Waals surface area contributed by atoms with Gasteiger partial charge in [0.1, 0.15) is 11.6 Å². The molecule has 0 N–H and O–H groups in total. The van der Waals surface area contributed by atoms with E-state index in [1.54, 1.807) is 0 Å². The summed E-state index contributed by atoms with van der Waals surface area (Å²) < 4.78 is 2.37. The van der Waals surface area contributed by atoms with Gasteiger partial charge in [-0.05, 0) is 130 Å². The van der Waals surface area contributed by atoms with Crippen LogP contribution < -0.4 is 9.80 Å². The quantitative estimate of drug-likeness (QED) is 0.154. The van der Waals surface area contributed by atoms with Crippen molar-refractivity contribution in [1.82, 2.24) is 14.5 Å². The number of pyridine rings is 2. The number of aromatic nitrogens is 3. The Hall–Kier alpha value is -7.76. The number of hydrogen-bond acceptors (Lipinski definition) is 4. The maximum Gasteiger partial charge on any atom is 0.137 e. The first-order valence-corrected chi connectivity index (χ1v) is 20.5. The van der Waals surface area contributed by atoms with E-state index in [1.165, 1.54) is 44.1 Å². The van der Waals surface area contributed by atoms with Crippen LogP contribution in [-0.4, -0.2) is 14.5 Å². The van der Waals surface area contributed by atoms with Crippen molar-refractivity contribution in [3.8, 4) is 27.9 Å². The number of para-hydroxylation sites is 3. The number of anilines is 6. The highest BCUT2D eigenvalue weighted by molar-refractivity contribution is 6.10. The summed E-state index contributed by atoms with van der Waals surface area (Å²) in [5.41, 5.74) is 14.8. The molecule has 0 fully saturated rings. The molecule has 5 nitrogen and oxygen atoms in total. The molecule has 0 spiro atoms. The van der Waals surface area contributed by atoms with E-state index in [2.05, 4.69) is 210 Å². The first-order chi connectivity index (χ1) is 29.5. The highest BCUT2D eigenvalue weighted by Crippen LogP contribution is 2.51. The van der Waals surface area contributed by atoms with Crippen molar-refractivity contribution in [2.24, 2.45) is 0 Å². The summed E-state index contributed by atoms with van der Waals surface area (Å²) in [6.07, 6.45) is 3.73. The zero-order chi connectivity index (χ0) is 40.2. The van der Waals surface area contributed by atoms with Crippen LogP contribution in [0.15, 0.2) is 213 Å². The molecule has 0 unspecified atom stereocenters. The maximum atomic E-state index is 5.00. The lowest BCUT2D eigenvalue weighted by Crippen LogP contribution is -2.17. The van der Waals surface area contributed by atoms with Crippen LogP contribution in [0, 0.1) is 0 Å². The van der Waals surface area contributed by atoms with Gasteiger partial charge in [-0.1, -0.05) is 117 Å². The molecule has 1 aliphatic rings. The standard InChI is InChI=1S/C55H41N5/c1-55(2)49-23-11-9-21-45(49)46-29-28-42(37-50(46)55)59(54-26-14-16-32-57-54)44-34-39(33-43(36-44)58(40-17-5-3-6-18-40)53-25-13-15-31-56-53)38-27-30-52-48(35-38)47-22-10-12-24-51(47)60(52)41-19-7-4-8-20-41/h3-37H,1-2H3. The minimum atomic E-state index is -0.165. The molecule has 3 aromatic heterocycles. The van der Waals surface area contributed by atoms with E-state index in [1.807, 2.05) is 30.6 Å². The molecule has 286 valence electrons. The number of nitrogens with zero attached hydrogens (tertiary/aromatic N) is 5. The van der Waals surface area contributed by atoms with E-state index < -0.39 is 0 Å². The minimum absolute atomic E-state index is 0.165. The molecular formula is C55H41N5. The van der Waals surface area contributed by atoms with Gasteiger partial charge in [-0.15, -0.1) is 0 Å². The van der Waals surface area contributed by atoms with Crippen molar-refractivity contribution in [2.45, 2.75) is 19.3 Å². The van der Waals surface area contributed by atoms with Crippen molar-refractivity contribution in [3.63, 3.8) is 0 Å². The summed E-state index contributed by atoms with van der Waals surface area (Å²) in [7, 11) is 0. The van der Waals surface area contributed by atoms with Gasteiger partial charge >= 0.3 is 0 Å². The third-order valence-corrected chi connectivity index (χ3v) is 12.0. The second kappa shape index (κ2) is 14.3. The van der Waals surface area contributed by atoms with Crippen LogP contribution in [0.5, 0.6) is 0 Å². The monoisotopic (exact) mass is 771 g/mol. The van der Waals surface area contributed by atoms with Gasteiger partial charge in [0, 0.05) is 45.6 Å². The molecule has 0 bridgehead atoms. The summed E-state index contributed by atoms with van der Waals surface area (Å²) >= 11 is 0. The fourth-order valence-electron chi connectivity index (χ4n) is 9.24. The average molecular weight is 772 g/mol. The Bertz CT molecular complexity index is 3130. The topological polar surface area (TPSA) is 37.2 Å². The van der Waals surface area contributed by atoms with Crippen molar-refractivity contribution in [1.29, 1.82) is 0 Å². The lowest BCUT2D eigenvalue weighted by molar-refractivity contribution is 0.660. The van der Waals surface area contributed by atoms with E-state index in [4.69, 9.17) is 9.97 Å². The first-order valence-electron chi connectivity index (χ1n) is 20.5. The van der Waals surface area contributed by atoms with Crippen LogP contribution in [-0.2, 0) is 5.41 Å². The van der Waals surface area contributed by atoms with Gasteiger partial charge in [-0.3, -0.25) is 9.80 Å². The second-order valence-electron chi connectivity index (χ2n) is 15.9. The van der Waals surface area contributed by atoms with Gasteiger partial charge in [0.05, 0.1) is 22.4 Å². The van der Waals surface area contributed by atoms with E-state index in [0.717, 1.165) is 51.2 Å². The number of hydrogen-bond donors (Lipinski definition) is 0. The highest BCUT2D eigenvalue weighted by atomic mass is 15.2. The zero-order valence-corrected chi connectivity index (χ0v) is 33.4. The second-order valence-corrected chi connectivity index (χ2v) is 15.9. The third-order valence-electron chi connectivity index (χ3n) is 12.0. The Balaban J connectivity index is 1.16. The number of rotatable bonds is 8. The molecule has 0 atom stereocenters. The van der Waals surface area contributed by atoms with Gasteiger partial charge in [-0.2, -0.15) is 0 Å². The van der Waals surface area contributed by atoms with Gasteiger partial charge in [0.2, 0.25) is 0 Å². The molecular weight excluding hydrogens is 731 g/mol. The Morgan fingerprint density at radius 3 is 1.72 bits per heavy atom. The minimum Gasteiger partial charge on any atom is -0.309 e. The average Bonchev–Trinajstić information content (AvgIpc) is 3.75. The van der Waals surface area contributed by atoms with Crippen LogP contribution in [0.3, 0.4) is 0 Å². The lowest BCUT2D eigenvalue weighted by Gasteiger charge is -2.30. The van der Waals surface area contributed by atoms with Crippen LogP contribution in [0.2, 0.25) is 0 Å². The summed E-state index contributed by atoms with van der Waals surface area (Å²) in [4.78, 5) is 14.4. The SMILES string of the molecule is CC1(C)c2ccccc2-c2ccc(N(c3cc(-c4ccc5c(c4)c4ccccc4n5-c4ccccc4)cc(N(c4ccccc4)c4ccccn4)c3)c3ccccn3)cc21. The predicted octanol–water partition coefficient (Wildman–Crippen LogP) is 14.5. The molecule has 1 aliphatic carbocycles. The molecule has 0 radical (unpaired) electrons. The van der Waals surface area contributed by atoms with Crippen molar-refractivity contribution in [2.75, 3.05) is 9.80 Å². The molecule has 3 heterocycles. The molecule has 0 saturated carbocycles. The molecule has 5 heteroatoms. The summed E-state index contributed by atoms with van der Waals surface area (Å²) in [6.45, 7) is 4.67. The first kappa shape index (κ1) is 35.4. The van der Waals surface area contributed by atoms with Crippen LogP contribution >= 0.6 is 0 Å². The fourth-order valence-corrected chi connectivity index (χ4v) is 9.24. The smallest absolute Gasteiger partial charge is 0.137 e. The summed E-state index contributed by atoms with van der Waals surface area (Å²) in [6, 6.07) is 71.5. The Kier molecular flexibility index (Phi) is 8.41. The Labute approximate surface area is 350 Å². The van der Waals surface area contributed by atoms with Gasteiger partial charge in [0.15, 0.2) is 0 Å². The molecule has 11 rings (SSSR count). The van der Waals surface area contributed by atoms with E-state index >= 15 is 0 Å². The highest BCUT2D eigenvalue weighted by Gasteiger charge is 2.36. The normalized spacial score (nSPS) is 12.6. The van der Waals surface area contributed by atoms with E-state index in [9.17, 15) is 0 Å². The van der Waals surface area contributed by atoms with E-state index in [-0.39, 0.29) is 5.41 Å².